The summed E-state index contributed by atoms with van der Waals surface area (Å²) in [4.78, 5) is 13.9. The van der Waals surface area contributed by atoms with E-state index in [2.05, 4.69) is 12.2 Å². The Labute approximate surface area is 119 Å². The standard InChI is InChI=1S/C15H22N2O3/c1-3-12-9-16-13-8-11(4-5-15(13)20-12)14(19)10-17(2)6-7-18/h4-5,8,12,16,18H,3,6-7,9-10H2,1-2H3. The molecule has 1 aromatic carbocycles. The van der Waals surface area contributed by atoms with E-state index >= 15 is 0 Å². The Morgan fingerprint density at radius 1 is 1.55 bits per heavy atom. The number of hydrogen-bond acceptors (Lipinski definition) is 5. The lowest BCUT2D eigenvalue weighted by atomic mass is 10.1. The van der Waals surface area contributed by atoms with E-state index < -0.39 is 0 Å². The zero-order valence-corrected chi connectivity index (χ0v) is 12.1. The minimum absolute atomic E-state index is 0.0446. The zero-order chi connectivity index (χ0) is 14.5. The van der Waals surface area contributed by atoms with E-state index in [0.29, 0.717) is 18.7 Å². The van der Waals surface area contributed by atoms with E-state index in [0.717, 1.165) is 24.4 Å². The lowest BCUT2D eigenvalue weighted by Gasteiger charge is -2.27. The molecular weight excluding hydrogens is 256 g/mol. The summed E-state index contributed by atoms with van der Waals surface area (Å²) in [5.41, 5.74) is 1.55. The summed E-state index contributed by atoms with van der Waals surface area (Å²) in [5.74, 6) is 0.853. The van der Waals surface area contributed by atoms with Crippen molar-refractivity contribution in [3.63, 3.8) is 0 Å². The number of carbonyl (C=O) groups excluding carboxylic acids is 1. The number of ketones is 1. The quantitative estimate of drug-likeness (QED) is 0.770. The molecule has 20 heavy (non-hydrogen) atoms. The molecule has 2 rings (SSSR count). The molecule has 1 aliphatic heterocycles. The molecule has 110 valence electrons. The Kier molecular flexibility index (Phi) is 4.98. The molecule has 1 heterocycles. The van der Waals surface area contributed by atoms with Crippen LogP contribution < -0.4 is 10.1 Å². The highest BCUT2D eigenvalue weighted by Crippen LogP contribution is 2.30. The topological polar surface area (TPSA) is 61.8 Å². The highest BCUT2D eigenvalue weighted by atomic mass is 16.5. The molecule has 0 fully saturated rings. The van der Waals surface area contributed by atoms with Crippen LogP contribution >= 0.6 is 0 Å². The van der Waals surface area contributed by atoms with Gasteiger partial charge in [-0.1, -0.05) is 6.92 Å². The SMILES string of the molecule is CCC1CNc2cc(C(=O)CN(C)CCO)ccc2O1. The molecule has 1 aromatic rings. The number of ether oxygens (including phenoxy) is 1. The molecule has 1 atom stereocenters. The molecule has 0 saturated carbocycles. The third-order valence-corrected chi connectivity index (χ3v) is 3.47. The number of anilines is 1. The number of fused-ring (bicyclic) bond motifs is 1. The van der Waals surface area contributed by atoms with Crippen LogP contribution in [0.25, 0.3) is 0 Å². The van der Waals surface area contributed by atoms with Crippen LogP contribution in [0.5, 0.6) is 5.75 Å². The van der Waals surface area contributed by atoms with Crippen molar-refractivity contribution in [2.75, 3.05) is 38.6 Å². The Morgan fingerprint density at radius 2 is 2.35 bits per heavy atom. The Bertz CT molecular complexity index is 476. The Balaban J connectivity index is 2.06. The monoisotopic (exact) mass is 278 g/mol. The first-order valence-corrected chi connectivity index (χ1v) is 7.01. The van der Waals surface area contributed by atoms with Crippen molar-refractivity contribution in [1.29, 1.82) is 0 Å². The molecule has 0 amide bonds. The van der Waals surface area contributed by atoms with E-state index in [1.165, 1.54) is 0 Å². The van der Waals surface area contributed by atoms with Crippen LogP contribution in [0, 0.1) is 0 Å². The van der Waals surface area contributed by atoms with Gasteiger partial charge in [-0.2, -0.15) is 0 Å². The molecule has 2 N–H and O–H groups in total. The van der Waals surface area contributed by atoms with E-state index in [1.807, 2.05) is 19.2 Å². The van der Waals surface area contributed by atoms with Crippen molar-refractivity contribution >= 4 is 11.5 Å². The molecule has 0 aromatic heterocycles. The largest absolute Gasteiger partial charge is 0.486 e. The van der Waals surface area contributed by atoms with Gasteiger partial charge in [-0.3, -0.25) is 9.69 Å². The third kappa shape index (κ3) is 3.49. The van der Waals surface area contributed by atoms with Crippen LogP contribution in [0.2, 0.25) is 0 Å². The smallest absolute Gasteiger partial charge is 0.176 e. The maximum Gasteiger partial charge on any atom is 0.176 e. The Hall–Kier alpha value is -1.59. The number of benzene rings is 1. The van der Waals surface area contributed by atoms with E-state index in [-0.39, 0.29) is 18.5 Å². The summed E-state index contributed by atoms with van der Waals surface area (Å²) >= 11 is 0. The van der Waals surface area contributed by atoms with Gasteiger partial charge in [0.25, 0.3) is 0 Å². The van der Waals surface area contributed by atoms with Gasteiger partial charge in [-0.05, 0) is 31.7 Å². The average molecular weight is 278 g/mol. The number of Topliss-reactive ketones (excluding diaryl/α,β-unsaturated/α-hetero) is 1. The number of aliphatic hydroxyl groups excluding tert-OH is 1. The second-order valence-corrected chi connectivity index (χ2v) is 5.12. The van der Waals surface area contributed by atoms with Crippen molar-refractivity contribution in [2.24, 2.45) is 0 Å². The number of aliphatic hydroxyl groups is 1. The van der Waals surface area contributed by atoms with Crippen LogP contribution in [0.3, 0.4) is 0 Å². The molecular formula is C15H22N2O3. The Morgan fingerprint density at radius 3 is 3.05 bits per heavy atom. The van der Waals surface area contributed by atoms with Gasteiger partial charge in [0, 0.05) is 12.1 Å². The number of hydrogen-bond donors (Lipinski definition) is 2. The minimum Gasteiger partial charge on any atom is -0.486 e. The van der Waals surface area contributed by atoms with Crippen LogP contribution in [0.15, 0.2) is 18.2 Å². The fourth-order valence-corrected chi connectivity index (χ4v) is 2.20. The maximum absolute atomic E-state index is 12.1. The third-order valence-electron chi connectivity index (χ3n) is 3.47. The number of carbonyl (C=O) groups is 1. The van der Waals surface area contributed by atoms with E-state index in [9.17, 15) is 4.79 Å². The second kappa shape index (κ2) is 6.72. The van der Waals surface area contributed by atoms with Crippen molar-refractivity contribution in [2.45, 2.75) is 19.4 Å². The number of rotatable bonds is 6. The van der Waals surface area contributed by atoms with Gasteiger partial charge in [0.05, 0.1) is 25.4 Å². The summed E-state index contributed by atoms with van der Waals surface area (Å²) in [6.07, 6.45) is 1.15. The summed E-state index contributed by atoms with van der Waals surface area (Å²) in [6.45, 7) is 3.72. The molecule has 0 bridgehead atoms. The van der Waals surface area contributed by atoms with Crippen LogP contribution in [-0.2, 0) is 0 Å². The van der Waals surface area contributed by atoms with Gasteiger partial charge < -0.3 is 15.2 Å². The van der Waals surface area contributed by atoms with Gasteiger partial charge in [-0.15, -0.1) is 0 Å². The zero-order valence-electron chi connectivity index (χ0n) is 12.1. The lowest BCUT2D eigenvalue weighted by Crippen LogP contribution is -2.31. The maximum atomic E-state index is 12.1. The number of nitrogens with zero attached hydrogens (tertiary/aromatic N) is 1. The first-order valence-electron chi connectivity index (χ1n) is 7.01. The highest BCUT2D eigenvalue weighted by molar-refractivity contribution is 5.98. The van der Waals surface area contributed by atoms with Crippen LogP contribution in [0.4, 0.5) is 5.69 Å². The fraction of sp³-hybridized carbons (Fsp3) is 0.533. The summed E-state index contributed by atoms with van der Waals surface area (Å²) in [6, 6.07) is 5.49. The normalized spacial score (nSPS) is 17.3. The van der Waals surface area contributed by atoms with Gasteiger partial charge in [0.15, 0.2) is 5.78 Å². The fourth-order valence-electron chi connectivity index (χ4n) is 2.20. The van der Waals surface area contributed by atoms with Gasteiger partial charge >= 0.3 is 0 Å². The molecule has 1 aliphatic rings. The van der Waals surface area contributed by atoms with Crippen molar-refractivity contribution in [3.05, 3.63) is 23.8 Å². The minimum atomic E-state index is 0.0446. The lowest BCUT2D eigenvalue weighted by molar-refractivity contribution is 0.0935. The molecule has 0 radical (unpaired) electrons. The average Bonchev–Trinajstić information content (AvgIpc) is 2.46. The summed E-state index contributed by atoms with van der Waals surface area (Å²) in [5, 5.41) is 12.2. The van der Waals surface area contributed by atoms with Gasteiger partial charge in [-0.25, -0.2) is 0 Å². The predicted molar refractivity (Wildman–Crippen MR) is 78.6 cm³/mol. The van der Waals surface area contributed by atoms with Crippen LogP contribution in [0.1, 0.15) is 23.7 Å². The number of nitrogens with one attached hydrogen (secondary N) is 1. The van der Waals surface area contributed by atoms with Crippen molar-refractivity contribution in [1.82, 2.24) is 4.90 Å². The molecule has 1 unspecified atom stereocenters. The highest BCUT2D eigenvalue weighted by Gasteiger charge is 2.19. The second-order valence-electron chi connectivity index (χ2n) is 5.12. The van der Waals surface area contributed by atoms with Gasteiger partial charge in [0.1, 0.15) is 11.9 Å². The molecule has 0 aliphatic carbocycles. The van der Waals surface area contributed by atoms with Crippen molar-refractivity contribution in [3.8, 4) is 5.75 Å². The molecule has 5 nitrogen and oxygen atoms in total. The predicted octanol–water partition coefficient (Wildman–Crippen LogP) is 1.38. The molecule has 0 saturated heterocycles. The van der Waals surface area contributed by atoms with E-state index in [1.54, 1.807) is 11.0 Å². The first kappa shape index (κ1) is 14.8. The van der Waals surface area contributed by atoms with Gasteiger partial charge in [0.2, 0.25) is 0 Å². The molecule has 0 spiro atoms. The van der Waals surface area contributed by atoms with Crippen LogP contribution in [-0.4, -0.2) is 55.2 Å². The summed E-state index contributed by atoms with van der Waals surface area (Å²) in [7, 11) is 1.82. The first-order chi connectivity index (χ1) is 9.63. The van der Waals surface area contributed by atoms with Crippen molar-refractivity contribution < 1.29 is 14.6 Å². The summed E-state index contributed by atoms with van der Waals surface area (Å²) < 4.78 is 5.82. The van der Waals surface area contributed by atoms with E-state index in [4.69, 9.17) is 9.84 Å². The number of likely N-dealkylation sites (N-methyl/N-ethyl adjacent to an activating group) is 1. The molecule has 5 heteroatoms.